The molecule has 5 nitrogen and oxygen atoms in total. The lowest BCUT2D eigenvalue weighted by Gasteiger charge is -2.24. The molecule has 3 saturated carbocycles. The van der Waals surface area contributed by atoms with E-state index in [2.05, 4.69) is 15.1 Å². The first-order valence-corrected chi connectivity index (χ1v) is 7.74. The van der Waals surface area contributed by atoms with Gasteiger partial charge >= 0.3 is 0 Å². The van der Waals surface area contributed by atoms with Gasteiger partial charge in [-0.2, -0.15) is 0 Å². The van der Waals surface area contributed by atoms with Gasteiger partial charge in [-0.3, -0.25) is 4.79 Å². The topological polar surface area (TPSA) is 59.2 Å². The van der Waals surface area contributed by atoms with Gasteiger partial charge in [-0.1, -0.05) is 6.42 Å². The molecule has 106 valence electrons. The highest BCUT2D eigenvalue weighted by molar-refractivity contribution is 5.90. The van der Waals surface area contributed by atoms with Gasteiger partial charge in [0.2, 0.25) is 17.7 Å². The molecule has 0 N–H and O–H groups in total. The van der Waals surface area contributed by atoms with E-state index in [1.807, 2.05) is 6.92 Å². The highest BCUT2D eigenvalue weighted by atomic mass is 16.4. The van der Waals surface area contributed by atoms with Crippen LogP contribution in [-0.4, -0.2) is 34.1 Å². The minimum Gasteiger partial charge on any atom is -0.425 e. The highest BCUT2D eigenvalue weighted by Gasteiger charge is 2.76. The van der Waals surface area contributed by atoms with Crippen LogP contribution in [-0.2, 0) is 10.2 Å². The Kier molecular flexibility index (Phi) is 1.84. The average Bonchev–Trinajstić information content (AvgIpc) is 3.03. The molecule has 1 aromatic heterocycles. The molecule has 4 fully saturated rings. The van der Waals surface area contributed by atoms with E-state index in [0.29, 0.717) is 17.7 Å². The van der Waals surface area contributed by atoms with Crippen molar-refractivity contribution in [1.29, 1.82) is 0 Å². The summed E-state index contributed by atoms with van der Waals surface area (Å²) in [6, 6.07) is 0. The van der Waals surface area contributed by atoms with Crippen molar-refractivity contribution >= 4 is 5.91 Å². The number of nitrogens with zero attached hydrogens (tertiary/aromatic N) is 3. The molecule has 1 aliphatic heterocycles. The molecular weight excluding hydrogens is 254 g/mol. The molecule has 0 radical (unpaired) electrons. The normalized spacial score (nSPS) is 44.4. The molecular formula is C15H19N3O2. The van der Waals surface area contributed by atoms with Crippen molar-refractivity contribution in [3.05, 3.63) is 11.8 Å². The van der Waals surface area contributed by atoms with E-state index in [4.69, 9.17) is 4.42 Å². The molecule has 0 unspecified atom stereocenters. The van der Waals surface area contributed by atoms with Gasteiger partial charge in [-0.05, 0) is 37.5 Å². The number of likely N-dealkylation sites (tertiary alicyclic amines) is 1. The molecule has 2 atom stereocenters. The number of hydrogen-bond donors (Lipinski definition) is 0. The molecule has 0 bridgehead atoms. The standard InChI is InChI=1S/C15H19N3O2/c1-9-16-17-12(20-9)14-4-2-3-10(14)7-18(8-14)13(19)15-5-11(15)6-15/h10-11H,2-8H2,1H3/t10-,11?,14-,15?/m0/s1. The molecule has 5 rings (SSSR count). The van der Waals surface area contributed by atoms with Crippen LogP contribution in [0.2, 0.25) is 0 Å². The lowest BCUT2D eigenvalue weighted by atomic mass is 9.80. The third-order valence-electron chi connectivity index (χ3n) is 6.22. The Morgan fingerprint density at radius 2 is 2.15 bits per heavy atom. The van der Waals surface area contributed by atoms with E-state index in [1.165, 1.54) is 12.8 Å². The van der Waals surface area contributed by atoms with Crippen molar-refractivity contribution in [2.45, 2.75) is 44.4 Å². The lowest BCUT2D eigenvalue weighted by molar-refractivity contribution is -0.134. The van der Waals surface area contributed by atoms with Crippen molar-refractivity contribution < 1.29 is 9.21 Å². The number of hydrogen-bond acceptors (Lipinski definition) is 4. The van der Waals surface area contributed by atoms with Crippen LogP contribution in [0.25, 0.3) is 0 Å². The minimum absolute atomic E-state index is 0.0488. The Hall–Kier alpha value is -1.39. The SMILES string of the molecule is Cc1nnc([C@]23CCC[C@H]2CN(C(=O)C24CC2C4)C3)o1. The Morgan fingerprint density at radius 3 is 2.80 bits per heavy atom. The molecule has 1 amide bonds. The maximum atomic E-state index is 12.6. The quantitative estimate of drug-likeness (QED) is 0.822. The van der Waals surface area contributed by atoms with Gasteiger partial charge in [0.05, 0.1) is 10.8 Å². The van der Waals surface area contributed by atoms with Crippen LogP contribution in [0.4, 0.5) is 0 Å². The van der Waals surface area contributed by atoms with Crippen LogP contribution in [0.5, 0.6) is 0 Å². The molecule has 2 heterocycles. The third-order valence-corrected chi connectivity index (χ3v) is 6.22. The van der Waals surface area contributed by atoms with Crippen LogP contribution < -0.4 is 0 Å². The smallest absolute Gasteiger partial charge is 0.229 e. The number of carbonyl (C=O) groups excluding carboxylic acids is 1. The van der Waals surface area contributed by atoms with E-state index in [9.17, 15) is 4.79 Å². The largest absolute Gasteiger partial charge is 0.425 e. The van der Waals surface area contributed by atoms with Gasteiger partial charge in [0.25, 0.3) is 0 Å². The fourth-order valence-electron chi connectivity index (χ4n) is 4.66. The highest BCUT2D eigenvalue weighted by Crippen LogP contribution is 2.76. The summed E-state index contributed by atoms with van der Waals surface area (Å²) < 4.78 is 5.75. The molecule has 5 heteroatoms. The predicted molar refractivity (Wildman–Crippen MR) is 69.8 cm³/mol. The maximum Gasteiger partial charge on any atom is 0.229 e. The van der Waals surface area contributed by atoms with E-state index < -0.39 is 0 Å². The van der Waals surface area contributed by atoms with Crippen molar-refractivity contribution in [2.24, 2.45) is 17.3 Å². The molecule has 1 aromatic rings. The van der Waals surface area contributed by atoms with E-state index in [0.717, 1.165) is 44.2 Å². The summed E-state index contributed by atoms with van der Waals surface area (Å²) in [4.78, 5) is 14.7. The van der Waals surface area contributed by atoms with E-state index in [1.54, 1.807) is 0 Å². The zero-order chi connectivity index (χ0) is 13.5. The number of aryl methyl sites for hydroxylation is 1. The Balaban J connectivity index is 1.47. The minimum atomic E-state index is -0.0488. The average molecular weight is 273 g/mol. The van der Waals surface area contributed by atoms with Crippen LogP contribution in [0.1, 0.15) is 43.9 Å². The Morgan fingerprint density at radius 1 is 1.35 bits per heavy atom. The molecule has 4 aliphatic rings. The first-order valence-electron chi connectivity index (χ1n) is 7.74. The molecule has 0 spiro atoms. The number of amides is 1. The first-order chi connectivity index (χ1) is 9.64. The zero-order valence-electron chi connectivity index (χ0n) is 11.8. The van der Waals surface area contributed by atoms with E-state index >= 15 is 0 Å². The number of fused-ring (bicyclic) bond motifs is 2. The van der Waals surface area contributed by atoms with Gasteiger partial charge in [-0.25, -0.2) is 0 Å². The van der Waals surface area contributed by atoms with E-state index in [-0.39, 0.29) is 10.8 Å². The zero-order valence-corrected chi connectivity index (χ0v) is 11.8. The number of carbonyl (C=O) groups is 1. The number of rotatable bonds is 2. The fraction of sp³-hybridized carbons (Fsp3) is 0.800. The summed E-state index contributed by atoms with van der Waals surface area (Å²) >= 11 is 0. The summed E-state index contributed by atoms with van der Waals surface area (Å²) in [5, 5.41) is 8.29. The lowest BCUT2D eigenvalue weighted by Crippen LogP contribution is -2.36. The van der Waals surface area contributed by atoms with Crippen LogP contribution in [0.15, 0.2) is 4.42 Å². The van der Waals surface area contributed by atoms with Gasteiger partial charge in [0.1, 0.15) is 0 Å². The second-order valence-electron chi connectivity index (χ2n) is 7.32. The molecule has 3 aliphatic carbocycles. The van der Waals surface area contributed by atoms with Gasteiger partial charge in [0, 0.05) is 20.0 Å². The summed E-state index contributed by atoms with van der Waals surface area (Å²) in [6.07, 6.45) is 5.75. The molecule has 1 saturated heterocycles. The summed E-state index contributed by atoms with van der Waals surface area (Å²) in [6.45, 7) is 3.54. The predicted octanol–water partition coefficient (Wildman–Crippen LogP) is 1.67. The van der Waals surface area contributed by atoms with Crippen molar-refractivity contribution in [3.8, 4) is 0 Å². The van der Waals surface area contributed by atoms with Crippen LogP contribution in [0, 0.1) is 24.2 Å². The maximum absolute atomic E-state index is 12.6. The van der Waals surface area contributed by atoms with Gasteiger partial charge < -0.3 is 9.32 Å². The van der Waals surface area contributed by atoms with Crippen molar-refractivity contribution in [3.63, 3.8) is 0 Å². The monoisotopic (exact) mass is 273 g/mol. The summed E-state index contributed by atoms with van der Waals surface area (Å²) in [5.41, 5.74) is 0.0391. The van der Waals surface area contributed by atoms with Crippen LogP contribution in [0.3, 0.4) is 0 Å². The second kappa shape index (κ2) is 3.26. The Labute approximate surface area is 117 Å². The van der Waals surface area contributed by atoms with Gasteiger partial charge in [-0.15, -0.1) is 10.2 Å². The summed E-state index contributed by atoms with van der Waals surface area (Å²) in [5.74, 6) is 3.05. The number of aromatic nitrogens is 2. The van der Waals surface area contributed by atoms with Crippen LogP contribution >= 0.6 is 0 Å². The van der Waals surface area contributed by atoms with Crippen molar-refractivity contribution in [2.75, 3.05) is 13.1 Å². The molecule has 20 heavy (non-hydrogen) atoms. The Bertz CT molecular complexity index is 604. The van der Waals surface area contributed by atoms with Gasteiger partial charge in [0.15, 0.2) is 0 Å². The first kappa shape index (κ1) is 11.3. The fourth-order valence-corrected chi connectivity index (χ4v) is 4.66. The molecule has 0 aromatic carbocycles. The second-order valence-corrected chi connectivity index (χ2v) is 7.32. The van der Waals surface area contributed by atoms with Crippen molar-refractivity contribution in [1.82, 2.24) is 15.1 Å². The summed E-state index contributed by atoms with van der Waals surface area (Å²) in [7, 11) is 0. The third kappa shape index (κ3) is 1.22.